The molecule has 35 heavy (non-hydrogen) atoms. The smallest absolute Gasteiger partial charge is 0.254 e. The maximum absolute atomic E-state index is 13.6. The summed E-state index contributed by atoms with van der Waals surface area (Å²) in [6.07, 6.45) is 0.131. The fourth-order valence-corrected chi connectivity index (χ4v) is 3.86. The molecule has 0 aliphatic carbocycles. The van der Waals surface area contributed by atoms with Gasteiger partial charge in [-0.25, -0.2) is 4.98 Å². The summed E-state index contributed by atoms with van der Waals surface area (Å²) in [5.74, 6) is -0.909. The lowest BCUT2D eigenvalue weighted by Crippen LogP contribution is -2.34. The molecule has 0 atom stereocenters. The fourth-order valence-electron chi connectivity index (χ4n) is 3.86. The lowest BCUT2D eigenvalue weighted by atomic mass is 10.0. The van der Waals surface area contributed by atoms with Crippen molar-refractivity contribution in [3.63, 3.8) is 0 Å². The summed E-state index contributed by atoms with van der Waals surface area (Å²) in [6, 6.07) is 25.5. The maximum Gasteiger partial charge on any atom is 0.254 e. The second-order valence-electron chi connectivity index (χ2n) is 8.06. The molecule has 0 aliphatic heterocycles. The molecule has 0 radical (unpaired) electrons. The third kappa shape index (κ3) is 5.52. The molecule has 176 valence electrons. The van der Waals surface area contributed by atoms with Crippen LogP contribution in [0.4, 0.5) is 5.69 Å². The fraction of sp³-hybridized carbons (Fsp3) is 0.143. The SMILES string of the molecule is CCN(CCC(=O)Nc1ccc(C(N)=O)cc1)C(=O)c1cc(-c2ccccc2)nc2ccccc12. The first-order valence-electron chi connectivity index (χ1n) is 11.4. The molecule has 7 heteroatoms. The normalized spacial score (nSPS) is 10.7. The van der Waals surface area contributed by atoms with Crippen molar-refractivity contribution in [2.24, 2.45) is 5.73 Å². The molecular formula is C28H26N4O3. The van der Waals surface area contributed by atoms with Gasteiger partial charge in [0.05, 0.1) is 16.8 Å². The number of para-hydroxylation sites is 1. The first-order valence-corrected chi connectivity index (χ1v) is 11.4. The molecule has 3 N–H and O–H groups in total. The zero-order valence-electron chi connectivity index (χ0n) is 19.4. The number of benzene rings is 3. The Bertz CT molecular complexity index is 1370. The van der Waals surface area contributed by atoms with Gasteiger partial charge in [-0.15, -0.1) is 0 Å². The Morgan fingerprint density at radius 3 is 2.29 bits per heavy atom. The number of nitrogens with zero attached hydrogens (tertiary/aromatic N) is 2. The van der Waals surface area contributed by atoms with E-state index in [4.69, 9.17) is 10.7 Å². The van der Waals surface area contributed by atoms with Crippen molar-refractivity contribution in [3.05, 3.63) is 96.1 Å². The zero-order chi connectivity index (χ0) is 24.8. The van der Waals surface area contributed by atoms with Gasteiger partial charge in [-0.3, -0.25) is 14.4 Å². The molecular weight excluding hydrogens is 440 g/mol. The Morgan fingerprint density at radius 2 is 1.60 bits per heavy atom. The lowest BCUT2D eigenvalue weighted by Gasteiger charge is -2.22. The number of carbonyl (C=O) groups is 3. The standard InChI is InChI=1S/C28H26N4O3/c1-2-32(17-16-26(33)30-21-14-12-20(13-15-21)27(29)34)28(35)23-18-25(19-8-4-3-5-9-19)31-24-11-7-6-10-22(23)24/h3-15,18H,2,16-17H2,1H3,(H2,29,34)(H,30,33). The number of fused-ring (bicyclic) bond motifs is 1. The molecule has 0 aliphatic rings. The highest BCUT2D eigenvalue weighted by Gasteiger charge is 2.20. The highest BCUT2D eigenvalue weighted by molar-refractivity contribution is 6.07. The van der Waals surface area contributed by atoms with Gasteiger partial charge in [0.15, 0.2) is 0 Å². The first kappa shape index (κ1) is 23.6. The van der Waals surface area contributed by atoms with Gasteiger partial charge in [-0.1, -0.05) is 48.5 Å². The van der Waals surface area contributed by atoms with Gasteiger partial charge < -0.3 is 16.0 Å². The van der Waals surface area contributed by atoms with Crippen LogP contribution in [0.3, 0.4) is 0 Å². The summed E-state index contributed by atoms with van der Waals surface area (Å²) < 4.78 is 0. The lowest BCUT2D eigenvalue weighted by molar-refractivity contribution is -0.116. The third-order valence-corrected chi connectivity index (χ3v) is 5.75. The van der Waals surface area contributed by atoms with E-state index in [0.717, 1.165) is 22.2 Å². The predicted octanol–water partition coefficient (Wildman–Crippen LogP) is 4.49. The van der Waals surface area contributed by atoms with E-state index >= 15 is 0 Å². The van der Waals surface area contributed by atoms with Crippen LogP contribution in [0.1, 0.15) is 34.1 Å². The summed E-state index contributed by atoms with van der Waals surface area (Å²) in [6.45, 7) is 2.61. The molecule has 0 bridgehead atoms. The third-order valence-electron chi connectivity index (χ3n) is 5.75. The van der Waals surface area contributed by atoms with Crippen LogP contribution in [0.15, 0.2) is 84.9 Å². The number of hydrogen-bond donors (Lipinski definition) is 2. The number of carbonyl (C=O) groups excluding carboxylic acids is 3. The van der Waals surface area contributed by atoms with Crippen molar-refractivity contribution in [3.8, 4) is 11.3 Å². The molecule has 7 nitrogen and oxygen atoms in total. The molecule has 1 aromatic heterocycles. The molecule has 3 aromatic carbocycles. The highest BCUT2D eigenvalue weighted by atomic mass is 16.2. The maximum atomic E-state index is 13.6. The van der Waals surface area contributed by atoms with Crippen LogP contribution >= 0.6 is 0 Å². The number of primary amides is 1. The minimum absolute atomic E-state index is 0.131. The van der Waals surface area contributed by atoms with Crippen LogP contribution < -0.4 is 11.1 Å². The van der Waals surface area contributed by atoms with E-state index in [1.54, 1.807) is 29.2 Å². The van der Waals surface area contributed by atoms with Crippen LogP contribution in [0.25, 0.3) is 22.2 Å². The Balaban J connectivity index is 1.52. The minimum atomic E-state index is -0.529. The quantitative estimate of drug-likeness (QED) is 0.399. The summed E-state index contributed by atoms with van der Waals surface area (Å²) in [5.41, 5.74) is 9.12. The van der Waals surface area contributed by atoms with Crippen molar-refractivity contribution in [2.75, 3.05) is 18.4 Å². The molecule has 3 amide bonds. The average Bonchev–Trinajstić information content (AvgIpc) is 2.89. The van der Waals surface area contributed by atoms with Crippen molar-refractivity contribution < 1.29 is 14.4 Å². The summed E-state index contributed by atoms with van der Waals surface area (Å²) in [5, 5.41) is 3.56. The Morgan fingerprint density at radius 1 is 0.914 bits per heavy atom. The van der Waals surface area contributed by atoms with Gasteiger partial charge in [0.25, 0.3) is 5.91 Å². The average molecular weight is 467 g/mol. The topological polar surface area (TPSA) is 105 Å². The van der Waals surface area contributed by atoms with Crippen LogP contribution in [0, 0.1) is 0 Å². The highest BCUT2D eigenvalue weighted by Crippen LogP contribution is 2.26. The molecule has 1 heterocycles. The van der Waals surface area contributed by atoms with Crippen molar-refractivity contribution in [2.45, 2.75) is 13.3 Å². The minimum Gasteiger partial charge on any atom is -0.366 e. The van der Waals surface area contributed by atoms with Gasteiger partial charge in [-0.05, 0) is 43.3 Å². The molecule has 0 fully saturated rings. The monoisotopic (exact) mass is 466 g/mol. The predicted molar refractivity (Wildman–Crippen MR) is 137 cm³/mol. The number of pyridine rings is 1. The van der Waals surface area contributed by atoms with Gasteiger partial charge in [0, 0.05) is 41.7 Å². The van der Waals surface area contributed by atoms with Crippen LogP contribution in [-0.4, -0.2) is 40.7 Å². The van der Waals surface area contributed by atoms with Gasteiger partial charge in [-0.2, -0.15) is 0 Å². The molecule has 0 unspecified atom stereocenters. The Labute approximate surface area is 203 Å². The molecule has 0 saturated heterocycles. The number of nitrogens with two attached hydrogens (primary N) is 1. The second-order valence-corrected chi connectivity index (χ2v) is 8.06. The van der Waals surface area contributed by atoms with E-state index in [9.17, 15) is 14.4 Å². The zero-order valence-corrected chi connectivity index (χ0v) is 19.4. The number of amides is 3. The summed E-state index contributed by atoms with van der Waals surface area (Å²) in [4.78, 5) is 43.7. The van der Waals surface area contributed by atoms with Gasteiger partial charge in [0.1, 0.15) is 0 Å². The van der Waals surface area contributed by atoms with E-state index in [2.05, 4.69) is 5.32 Å². The number of hydrogen-bond acceptors (Lipinski definition) is 4. The number of anilines is 1. The number of rotatable bonds is 8. The van der Waals surface area contributed by atoms with Crippen molar-refractivity contribution in [1.82, 2.24) is 9.88 Å². The van der Waals surface area contributed by atoms with E-state index < -0.39 is 5.91 Å². The summed E-state index contributed by atoms with van der Waals surface area (Å²) >= 11 is 0. The number of nitrogens with one attached hydrogen (secondary N) is 1. The molecule has 0 saturated carbocycles. The van der Waals surface area contributed by atoms with Crippen LogP contribution in [0.2, 0.25) is 0 Å². The van der Waals surface area contributed by atoms with Gasteiger partial charge >= 0.3 is 0 Å². The summed E-state index contributed by atoms with van der Waals surface area (Å²) in [7, 11) is 0. The molecule has 4 rings (SSSR count). The van der Waals surface area contributed by atoms with Crippen molar-refractivity contribution >= 4 is 34.3 Å². The van der Waals surface area contributed by atoms with Crippen LogP contribution in [0.5, 0.6) is 0 Å². The first-order chi connectivity index (χ1) is 17.0. The van der Waals surface area contributed by atoms with Crippen molar-refractivity contribution in [1.29, 1.82) is 0 Å². The van der Waals surface area contributed by atoms with Crippen LogP contribution in [-0.2, 0) is 4.79 Å². The van der Waals surface area contributed by atoms with E-state index in [1.165, 1.54) is 0 Å². The Hall–Kier alpha value is -4.52. The van der Waals surface area contributed by atoms with E-state index in [-0.39, 0.29) is 24.8 Å². The van der Waals surface area contributed by atoms with E-state index in [0.29, 0.717) is 23.4 Å². The second kappa shape index (κ2) is 10.6. The Kier molecular flexibility index (Phi) is 7.16. The van der Waals surface area contributed by atoms with Gasteiger partial charge in [0.2, 0.25) is 11.8 Å². The number of aromatic nitrogens is 1. The molecule has 0 spiro atoms. The molecule has 4 aromatic rings. The largest absolute Gasteiger partial charge is 0.366 e. The van der Waals surface area contributed by atoms with E-state index in [1.807, 2.05) is 67.6 Å².